The lowest BCUT2D eigenvalue weighted by atomic mass is 10.3. The molecule has 0 fully saturated rings. The molecule has 0 bridgehead atoms. The molecule has 0 aliphatic rings. The van der Waals surface area contributed by atoms with E-state index < -0.39 is 5.97 Å². The van der Waals surface area contributed by atoms with E-state index in [4.69, 9.17) is 0 Å². The molecule has 0 aliphatic heterocycles. The Morgan fingerprint density at radius 1 is 1.40 bits per heavy atom. The fraction of sp³-hybridized carbons (Fsp3) is 0.400. The predicted molar refractivity (Wildman–Crippen MR) is 55.3 cm³/mol. The number of aliphatic carboxylic acids is 1. The molecule has 1 aromatic heterocycles. The van der Waals surface area contributed by atoms with Gasteiger partial charge in [0.2, 0.25) is 5.91 Å². The Morgan fingerprint density at radius 3 is 2.80 bits per heavy atom. The highest BCUT2D eigenvalue weighted by molar-refractivity contribution is 7.09. The summed E-state index contributed by atoms with van der Waals surface area (Å²) in [7, 11) is 0. The van der Waals surface area contributed by atoms with Crippen LogP contribution in [0.1, 0.15) is 17.7 Å². The van der Waals surface area contributed by atoms with Crippen LogP contribution < -0.4 is 10.4 Å². The van der Waals surface area contributed by atoms with Crippen molar-refractivity contribution in [2.75, 3.05) is 6.54 Å². The van der Waals surface area contributed by atoms with Crippen LogP contribution in [0.4, 0.5) is 0 Å². The molecular formula is C10H12NO3S-. The SMILES string of the molecule is O=C([O-])CCC(=O)NCCc1cccs1. The average Bonchev–Trinajstić information content (AvgIpc) is 2.67. The van der Waals surface area contributed by atoms with E-state index in [1.807, 2.05) is 17.5 Å². The predicted octanol–water partition coefficient (Wildman–Crippen LogP) is -0.0631. The zero-order valence-electron chi connectivity index (χ0n) is 8.19. The van der Waals surface area contributed by atoms with Crippen LogP contribution in [-0.4, -0.2) is 18.4 Å². The number of carboxylic acid groups (broad SMARTS) is 1. The van der Waals surface area contributed by atoms with Crippen molar-refractivity contribution in [1.82, 2.24) is 5.32 Å². The van der Waals surface area contributed by atoms with Crippen molar-refractivity contribution in [3.8, 4) is 0 Å². The van der Waals surface area contributed by atoms with Crippen molar-refractivity contribution in [3.05, 3.63) is 22.4 Å². The molecule has 5 heteroatoms. The van der Waals surface area contributed by atoms with Crippen LogP contribution in [0.2, 0.25) is 0 Å². The van der Waals surface area contributed by atoms with Crippen molar-refractivity contribution >= 4 is 23.2 Å². The van der Waals surface area contributed by atoms with Gasteiger partial charge in [0.1, 0.15) is 0 Å². The summed E-state index contributed by atoms with van der Waals surface area (Å²) >= 11 is 1.64. The van der Waals surface area contributed by atoms with Gasteiger partial charge in [0.25, 0.3) is 0 Å². The van der Waals surface area contributed by atoms with Crippen molar-refractivity contribution in [3.63, 3.8) is 0 Å². The molecule has 1 N–H and O–H groups in total. The number of carbonyl (C=O) groups excluding carboxylic acids is 2. The second kappa shape index (κ2) is 6.19. The second-order valence-corrected chi connectivity index (χ2v) is 4.08. The number of nitrogens with one attached hydrogen (secondary N) is 1. The average molecular weight is 226 g/mol. The van der Waals surface area contributed by atoms with Crippen molar-refractivity contribution in [2.24, 2.45) is 0 Å². The summed E-state index contributed by atoms with van der Waals surface area (Å²) in [4.78, 5) is 22.4. The highest BCUT2D eigenvalue weighted by atomic mass is 32.1. The number of carbonyl (C=O) groups is 2. The normalized spacial score (nSPS) is 9.87. The van der Waals surface area contributed by atoms with Gasteiger partial charge in [0.05, 0.1) is 0 Å². The molecule has 0 unspecified atom stereocenters. The van der Waals surface area contributed by atoms with Crippen LogP contribution in [0, 0.1) is 0 Å². The quantitative estimate of drug-likeness (QED) is 0.738. The van der Waals surface area contributed by atoms with E-state index >= 15 is 0 Å². The maximum absolute atomic E-state index is 11.1. The van der Waals surface area contributed by atoms with Crippen LogP contribution in [0.3, 0.4) is 0 Å². The molecule has 1 aromatic rings. The molecule has 0 atom stereocenters. The first-order valence-corrected chi connectivity index (χ1v) is 5.55. The Bertz CT molecular complexity index is 321. The van der Waals surface area contributed by atoms with Crippen LogP contribution >= 0.6 is 11.3 Å². The fourth-order valence-corrected chi connectivity index (χ4v) is 1.79. The lowest BCUT2D eigenvalue weighted by Gasteiger charge is -2.04. The summed E-state index contributed by atoms with van der Waals surface area (Å²) in [5.74, 6) is -1.43. The zero-order valence-corrected chi connectivity index (χ0v) is 9.01. The van der Waals surface area contributed by atoms with E-state index in [-0.39, 0.29) is 18.7 Å². The minimum Gasteiger partial charge on any atom is -0.550 e. The Morgan fingerprint density at radius 2 is 2.20 bits per heavy atom. The first-order valence-electron chi connectivity index (χ1n) is 4.67. The molecule has 0 spiro atoms. The summed E-state index contributed by atoms with van der Waals surface area (Å²) in [5, 5.41) is 14.7. The number of amides is 1. The fourth-order valence-electron chi connectivity index (χ4n) is 1.08. The van der Waals surface area contributed by atoms with Gasteiger partial charge in [0, 0.05) is 23.8 Å². The molecule has 1 rings (SSSR count). The number of rotatable bonds is 6. The molecule has 15 heavy (non-hydrogen) atoms. The summed E-state index contributed by atoms with van der Waals surface area (Å²) in [6.45, 7) is 0.548. The van der Waals surface area contributed by atoms with E-state index in [9.17, 15) is 14.7 Å². The molecule has 0 aromatic carbocycles. The molecule has 1 amide bonds. The maximum Gasteiger partial charge on any atom is 0.220 e. The van der Waals surface area contributed by atoms with E-state index in [0.717, 1.165) is 6.42 Å². The van der Waals surface area contributed by atoms with Gasteiger partial charge in [-0.3, -0.25) is 4.79 Å². The van der Waals surface area contributed by atoms with Gasteiger partial charge in [-0.2, -0.15) is 0 Å². The minimum atomic E-state index is -1.19. The molecule has 0 saturated heterocycles. The number of hydrogen-bond donors (Lipinski definition) is 1. The highest BCUT2D eigenvalue weighted by Crippen LogP contribution is 2.07. The Hall–Kier alpha value is -1.36. The van der Waals surface area contributed by atoms with Gasteiger partial charge in [-0.1, -0.05) is 6.07 Å². The second-order valence-electron chi connectivity index (χ2n) is 3.05. The third kappa shape index (κ3) is 5.17. The van der Waals surface area contributed by atoms with Crippen LogP contribution in [0.5, 0.6) is 0 Å². The van der Waals surface area contributed by atoms with Crippen molar-refractivity contribution in [2.45, 2.75) is 19.3 Å². The molecule has 0 saturated carbocycles. The van der Waals surface area contributed by atoms with Gasteiger partial charge in [-0.25, -0.2) is 0 Å². The molecule has 4 nitrogen and oxygen atoms in total. The monoisotopic (exact) mass is 226 g/mol. The number of hydrogen-bond acceptors (Lipinski definition) is 4. The van der Waals surface area contributed by atoms with Gasteiger partial charge in [-0.15, -0.1) is 11.3 Å². The largest absolute Gasteiger partial charge is 0.550 e. The van der Waals surface area contributed by atoms with Gasteiger partial charge >= 0.3 is 0 Å². The maximum atomic E-state index is 11.1. The summed E-state index contributed by atoms with van der Waals surface area (Å²) in [6.07, 6.45) is 0.562. The van der Waals surface area contributed by atoms with E-state index in [1.165, 1.54) is 4.88 Å². The van der Waals surface area contributed by atoms with Crippen LogP contribution in [0.15, 0.2) is 17.5 Å². The summed E-state index contributed by atoms with van der Waals surface area (Å²) in [6, 6.07) is 3.95. The molecule has 82 valence electrons. The van der Waals surface area contributed by atoms with Crippen molar-refractivity contribution in [1.29, 1.82) is 0 Å². The standard InChI is InChI=1S/C10H13NO3S/c12-9(3-4-10(13)14)11-6-5-8-2-1-7-15-8/h1-2,7H,3-6H2,(H,11,12)(H,13,14)/p-1. The Kier molecular flexibility index (Phi) is 4.83. The van der Waals surface area contributed by atoms with E-state index in [1.54, 1.807) is 11.3 Å². The number of carboxylic acids is 1. The smallest absolute Gasteiger partial charge is 0.220 e. The lowest BCUT2D eigenvalue weighted by molar-refractivity contribution is -0.305. The Labute approximate surface area is 91.9 Å². The van der Waals surface area contributed by atoms with Gasteiger partial charge < -0.3 is 15.2 Å². The van der Waals surface area contributed by atoms with Crippen molar-refractivity contribution < 1.29 is 14.7 Å². The third-order valence-electron chi connectivity index (χ3n) is 1.83. The minimum absolute atomic E-state index is 0.00717. The zero-order chi connectivity index (χ0) is 11.1. The highest BCUT2D eigenvalue weighted by Gasteiger charge is 2.00. The summed E-state index contributed by atoms with van der Waals surface area (Å²) in [5.41, 5.74) is 0. The topological polar surface area (TPSA) is 69.2 Å². The lowest BCUT2D eigenvalue weighted by Crippen LogP contribution is -2.29. The van der Waals surface area contributed by atoms with E-state index in [2.05, 4.69) is 5.32 Å². The first kappa shape index (κ1) is 11.7. The molecule has 0 aliphatic carbocycles. The molecule has 1 heterocycles. The number of thiophene rings is 1. The Balaban J connectivity index is 2.09. The third-order valence-corrected chi connectivity index (χ3v) is 2.77. The van der Waals surface area contributed by atoms with Crippen LogP contribution in [0.25, 0.3) is 0 Å². The first-order chi connectivity index (χ1) is 7.18. The molecule has 0 radical (unpaired) electrons. The molecular weight excluding hydrogens is 214 g/mol. The van der Waals surface area contributed by atoms with Gasteiger partial charge in [0.15, 0.2) is 0 Å². The van der Waals surface area contributed by atoms with Crippen LogP contribution in [-0.2, 0) is 16.0 Å². The summed E-state index contributed by atoms with van der Waals surface area (Å²) < 4.78 is 0. The van der Waals surface area contributed by atoms with Gasteiger partial charge in [-0.05, 0) is 24.3 Å². The van der Waals surface area contributed by atoms with E-state index in [0.29, 0.717) is 6.54 Å².